The van der Waals surface area contributed by atoms with Crippen molar-refractivity contribution in [3.8, 4) is 44.3 Å². The Labute approximate surface area is 258 Å². The quantitative estimate of drug-likeness (QED) is 0.182. The fourth-order valence-electron chi connectivity index (χ4n) is 5.86. The van der Waals surface area contributed by atoms with Crippen LogP contribution in [0.3, 0.4) is 0 Å². The Morgan fingerprint density at radius 2 is 1.18 bits per heavy atom. The zero-order valence-corrected chi connectivity index (χ0v) is 25.0. The first-order valence-electron chi connectivity index (χ1n) is 14.4. The molecule has 0 aliphatic heterocycles. The van der Waals surface area contributed by atoms with Gasteiger partial charge in [0.05, 0.1) is 0 Å². The van der Waals surface area contributed by atoms with Gasteiger partial charge in [-0.05, 0) is 6.07 Å². The molecule has 0 N–H and O–H groups in total. The minimum atomic E-state index is 0.130. The van der Waals surface area contributed by atoms with Crippen LogP contribution in [0.15, 0.2) is 138 Å². The molecule has 44 heavy (non-hydrogen) atoms. The fraction of sp³-hybridized carbons (Fsp3) is 0. The average Bonchev–Trinajstić information content (AvgIpc) is 3.71. The number of hydrogen-bond acceptors (Lipinski definition) is 5. The van der Waals surface area contributed by atoms with E-state index in [0.29, 0.717) is 17.5 Å². The number of nitrogens with zero attached hydrogens (tertiary/aromatic N) is 4. The molecule has 9 aromatic rings. The summed E-state index contributed by atoms with van der Waals surface area (Å²) in [4.78, 5) is 20.1. The Morgan fingerprint density at radius 3 is 2.02 bits per heavy atom. The Morgan fingerprint density at radius 1 is 0.477 bits per heavy atom. The second kappa shape index (κ2) is 10.1. The Balaban J connectivity index is 1.23. The predicted octanol–water partition coefficient (Wildman–Crippen LogP) is 9.20. The summed E-state index contributed by atoms with van der Waals surface area (Å²) in [6, 6.07) is 45.5. The number of hydrogen-bond donors (Lipinski definition) is 0. The van der Waals surface area contributed by atoms with E-state index in [1.807, 2.05) is 66.7 Å². The maximum absolute atomic E-state index is 6.19. The van der Waals surface area contributed by atoms with Gasteiger partial charge in [-0.1, -0.05) is 12.1 Å². The van der Waals surface area contributed by atoms with Crippen LogP contribution in [0, 0.1) is 0 Å². The van der Waals surface area contributed by atoms with E-state index in [1.165, 1.54) is 19.8 Å². The average molecular weight is 630 g/mol. The second-order valence-corrected chi connectivity index (χ2v) is 12.8. The standard InChI is InChI=1S/C38H22N4OSe/c1-3-10-23(11-4-1)35-40-36(42-37(41-35)29-15-9-17-32-33(29)28-14-7-8-16-31(28)43-32)26-18-20-27-25(22-26)19-21-30-34(27)44-38(39-30)24-12-5-2-6-13-24/h1-22H. The minimum absolute atomic E-state index is 0.130. The van der Waals surface area contributed by atoms with Crippen molar-refractivity contribution in [2.24, 2.45) is 0 Å². The molecule has 0 saturated carbocycles. The van der Waals surface area contributed by atoms with Gasteiger partial charge in [0.1, 0.15) is 0 Å². The fourth-order valence-corrected chi connectivity index (χ4v) is 8.18. The van der Waals surface area contributed by atoms with Crippen molar-refractivity contribution in [2.75, 3.05) is 0 Å². The second-order valence-electron chi connectivity index (χ2n) is 10.7. The Bertz CT molecular complexity index is 2500. The van der Waals surface area contributed by atoms with E-state index in [-0.39, 0.29) is 14.5 Å². The van der Waals surface area contributed by atoms with E-state index >= 15 is 0 Å². The van der Waals surface area contributed by atoms with Crippen LogP contribution in [0.2, 0.25) is 0 Å². The van der Waals surface area contributed by atoms with Gasteiger partial charge in [0.2, 0.25) is 0 Å². The van der Waals surface area contributed by atoms with Crippen molar-refractivity contribution in [1.29, 1.82) is 0 Å². The van der Waals surface area contributed by atoms with Crippen LogP contribution in [-0.2, 0) is 0 Å². The van der Waals surface area contributed by atoms with Crippen molar-refractivity contribution >= 4 is 57.0 Å². The van der Waals surface area contributed by atoms with E-state index in [1.54, 1.807) is 0 Å². The Hall–Kier alpha value is -5.42. The molecule has 0 aliphatic rings. The van der Waals surface area contributed by atoms with Crippen molar-refractivity contribution < 1.29 is 4.42 Å². The third-order valence-electron chi connectivity index (χ3n) is 7.96. The summed E-state index contributed by atoms with van der Waals surface area (Å²) in [5.74, 6) is 1.88. The first-order chi connectivity index (χ1) is 21.8. The molecular weight excluding hydrogens is 607 g/mol. The molecule has 0 bridgehead atoms. The maximum atomic E-state index is 6.19. The summed E-state index contributed by atoms with van der Waals surface area (Å²) in [7, 11) is 0. The number of aromatic nitrogens is 4. The number of rotatable bonds is 4. The monoisotopic (exact) mass is 630 g/mol. The van der Waals surface area contributed by atoms with E-state index < -0.39 is 0 Å². The van der Waals surface area contributed by atoms with E-state index in [2.05, 4.69) is 66.7 Å². The molecule has 0 atom stereocenters. The Kier molecular flexibility index (Phi) is 5.76. The van der Waals surface area contributed by atoms with Crippen molar-refractivity contribution in [2.45, 2.75) is 0 Å². The van der Waals surface area contributed by atoms with Gasteiger partial charge in [-0.3, -0.25) is 0 Å². The van der Waals surface area contributed by atoms with Gasteiger partial charge in [0.25, 0.3) is 0 Å². The number of fused-ring (bicyclic) bond motifs is 6. The number of furan rings is 1. The van der Waals surface area contributed by atoms with Crippen molar-refractivity contribution in [1.82, 2.24) is 19.9 Å². The SMILES string of the molecule is c1ccc(-c2nc(-c3ccc4c(ccc5nc(-c6ccccc6)[se]c54)c3)nc(-c3cccc4oc5ccccc5c34)n2)cc1. The third-order valence-corrected chi connectivity index (χ3v) is 10.4. The van der Waals surface area contributed by atoms with Gasteiger partial charge in [-0.25, -0.2) is 0 Å². The molecule has 3 aromatic heterocycles. The normalized spacial score (nSPS) is 11.6. The summed E-state index contributed by atoms with van der Waals surface area (Å²) in [6.07, 6.45) is 0. The van der Waals surface area contributed by atoms with Gasteiger partial charge < -0.3 is 0 Å². The van der Waals surface area contributed by atoms with E-state index in [4.69, 9.17) is 24.4 Å². The predicted molar refractivity (Wildman–Crippen MR) is 179 cm³/mol. The summed E-state index contributed by atoms with van der Waals surface area (Å²) < 4.78 is 8.67. The van der Waals surface area contributed by atoms with Crippen LogP contribution in [0.1, 0.15) is 0 Å². The van der Waals surface area contributed by atoms with Crippen LogP contribution >= 0.6 is 0 Å². The molecule has 0 saturated heterocycles. The van der Waals surface area contributed by atoms with Crippen LogP contribution in [0.5, 0.6) is 0 Å². The van der Waals surface area contributed by atoms with Gasteiger partial charge in [-0.2, -0.15) is 0 Å². The zero-order valence-electron chi connectivity index (χ0n) is 23.3. The third kappa shape index (κ3) is 4.15. The molecule has 0 spiro atoms. The van der Waals surface area contributed by atoms with E-state index in [9.17, 15) is 0 Å². The molecule has 0 aliphatic carbocycles. The molecule has 9 rings (SSSR count). The van der Waals surface area contributed by atoms with Gasteiger partial charge in [0, 0.05) is 0 Å². The molecule has 206 valence electrons. The van der Waals surface area contributed by atoms with E-state index in [0.717, 1.165) is 49.5 Å². The van der Waals surface area contributed by atoms with Gasteiger partial charge in [-0.15, -0.1) is 0 Å². The molecule has 6 aromatic carbocycles. The number of para-hydroxylation sites is 1. The summed E-state index contributed by atoms with van der Waals surface area (Å²) in [5, 5.41) is 4.43. The summed E-state index contributed by atoms with van der Waals surface area (Å²) in [5.41, 5.74) is 6.71. The van der Waals surface area contributed by atoms with Crippen LogP contribution in [0.4, 0.5) is 0 Å². The molecule has 0 radical (unpaired) electrons. The van der Waals surface area contributed by atoms with Crippen LogP contribution < -0.4 is 0 Å². The molecular formula is C38H22N4OSe. The molecule has 6 heteroatoms. The van der Waals surface area contributed by atoms with Crippen LogP contribution in [-0.4, -0.2) is 34.4 Å². The van der Waals surface area contributed by atoms with Gasteiger partial charge in [0.15, 0.2) is 0 Å². The van der Waals surface area contributed by atoms with Gasteiger partial charge >= 0.3 is 241 Å². The molecule has 3 heterocycles. The summed E-state index contributed by atoms with van der Waals surface area (Å²) in [6.45, 7) is 0. The first-order valence-corrected chi connectivity index (χ1v) is 16.1. The summed E-state index contributed by atoms with van der Waals surface area (Å²) >= 11 is 0.130. The zero-order chi connectivity index (χ0) is 29.0. The number of benzene rings is 6. The molecule has 0 amide bonds. The topological polar surface area (TPSA) is 64.7 Å². The van der Waals surface area contributed by atoms with Crippen LogP contribution in [0.25, 0.3) is 86.8 Å². The first kappa shape index (κ1) is 25.1. The van der Waals surface area contributed by atoms with Crippen molar-refractivity contribution in [3.63, 3.8) is 0 Å². The molecule has 5 nitrogen and oxygen atoms in total. The van der Waals surface area contributed by atoms with Crippen molar-refractivity contribution in [3.05, 3.63) is 133 Å². The molecule has 0 unspecified atom stereocenters. The molecule has 0 fully saturated rings.